The molecule has 4 nitrogen and oxygen atoms in total. The highest BCUT2D eigenvalue weighted by atomic mass is 79.9. The van der Waals surface area contributed by atoms with Gasteiger partial charge in [0.1, 0.15) is 11.4 Å². The third-order valence-corrected chi connectivity index (χ3v) is 3.90. The lowest BCUT2D eigenvalue weighted by molar-refractivity contribution is -0.0210. The maximum atomic E-state index is 5.81. The largest absolute Gasteiger partial charge is 0.369 e. The molecule has 0 amide bonds. The van der Waals surface area contributed by atoms with Crippen molar-refractivity contribution in [1.29, 1.82) is 0 Å². The van der Waals surface area contributed by atoms with Crippen molar-refractivity contribution in [3.63, 3.8) is 0 Å². The normalized spacial score (nSPS) is 12.6. The van der Waals surface area contributed by atoms with Crippen LogP contribution in [0.2, 0.25) is 0 Å². The number of hydrogen-bond acceptors (Lipinski definition) is 4. The van der Waals surface area contributed by atoms with Gasteiger partial charge in [0.25, 0.3) is 0 Å². The second kappa shape index (κ2) is 7.05. The van der Waals surface area contributed by atoms with Gasteiger partial charge in [0, 0.05) is 18.6 Å². The Balaban J connectivity index is 3.39. The molecule has 5 heteroatoms. The molecule has 1 N–H and O–H groups in total. The molecule has 0 bridgehead atoms. The maximum absolute atomic E-state index is 5.81. The first-order valence-electron chi connectivity index (χ1n) is 7.59. The summed E-state index contributed by atoms with van der Waals surface area (Å²) in [6.07, 6.45) is 1.05. The molecule has 0 saturated carbocycles. The van der Waals surface area contributed by atoms with Gasteiger partial charge < -0.3 is 10.1 Å². The van der Waals surface area contributed by atoms with E-state index in [4.69, 9.17) is 9.72 Å². The number of nitrogens with one attached hydrogen (secondary N) is 1. The minimum Gasteiger partial charge on any atom is -0.369 e. The van der Waals surface area contributed by atoms with E-state index in [1.807, 2.05) is 20.8 Å². The number of nitrogens with zero attached hydrogens (tertiary/aromatic N) is 2. The first kappa shape index (κ1) is 18.4. The molecule has 0 spiro atoms. The summed E-state index contributed by atoms with van der Waals surface area (Å²) in [5.41, 5.74) is 0.429. The monoisotopic (exact) mass is 357 g/mol. The van der Waals surface area contributed by atoms with Gasteiger partial charge in [0.2, 0.25) is 0 Å². The van der Waals surface area contributed by atoms with Gasteiger partial charge in [-0.05, 0) is 43.1 Å². The third-order valence-electron chi connectivity index (χ3n) is 3.15. The number of anilines is 1. The number of aromatic nitrogens is 2. The van der Waals surface area contributed by atoms with Crippen molar-refractivity contribution < 1.29 is 4.74 Å². The van der Waals surface area contributed by atoms with E-state index in [0.717, 1.165) is 34.8 Å². The van der Waals surface area contributed by atoms with E-state index >= 15 is 0 Å². The Morgan fingerprint density at radius 1 is 1.10 bits per heavy atom. The average Bonchev–Trinajstić information content (AvgIpc) is 2.35. The van der Waals surface area contributed by atoms with Gasteiger partial charge in [-0.3, -0.25) is 0 Å². The molecule has 0 aromatic carbocycles. The quantitative estimate of drug-likeness (QED) is 0.805. The lowest BCUT2D eigenvalue weighted by Gasteiger charge is -2.28. The number of halogens is 1. The highest BCUT2D eigenvalue weighted by Crippen LogP contribution is 2.35. The van der Waals surface area contributed by atoms with Crippen LogP contribution in [0.1, 0.15) is 66.4 Å². The first-order chi connectivity index (χ1) is 9.63. The van der Waals surface area contributed by atoms with Crippen LogP contribution in [0, 0.1) is 0 Å². The molecule has 0 saturated heterocycles. The molecule has 1 aromatic heterocycles. The summed E-state index contributed by atoms with van der Waals surface area (Å²) in [4.78, 5) is 9.46. The SMILES string of the molecule is CCCNc1nc(C(C)(C)OCC)nc(C(C)(C)C)c1Br. The third kappa shape index (κ3) is 4.65. The highest BCUT2D eigenvalue weighted by molar-refractivity contribution is 9.10. The average molecular weight is 358 g/mol. The number of ether oxygens (including phenoxy) is 1. The van der Waals surface area contributed by atoms with E-state index in [0.29, 0.717) is 6.61 Å². The van der Waals surface area contributed by atoms with E-state index < -0.39 is 5.60 Å². The number of rotatable bonds is 6. The van der Waals surface area contributed by atoms with Crippen LogP contribution in [0.15, 0.2) is 4.47 Å². The summed E-state index contributed by atoms with van der Waals surface area (Å²) in [5.74, 6) is 1.57. The van der Waals surface area contributed by atoms with Crippen molar-refractivity contribution in [3.8, 4) is 0 Å². The second-order valence-electron chi connectivity index (χ2n) is 6.68. The number of hydrogen-bond donors (Lipinski definition) is 1. The van der Waals surface area contributed by atoms with Gasteiger partial charge in [-0.1, -0.05) is 27.7 Å². The molecule has 21 heavy (non-hydrogen) atoms. The minimum atomic E-state index is -0.502. The molecular formula is C16H28BrN3O. The Bertz CT molecular complexity index is 481. The molecule has 0 unspecified atom stereocenters. The molecule has 0 radical (unpaired) electrons. The van der Waals surface area contributed by atoms with E-state index in [9.17, 15) is 0 Å². The van der Waals surface area contributed by atoms with Crippen LogP contribution in [-0.4, -0.2) is 23.1 Å². The standard InChI is InChI=1S/C16H28BrN3O/c1-8-10-18-13-11(17)12(15(3,4)5)19-14(20-13)16(6,7)21-9-2/h8-10H2,1-7H3,(H,18,19,20). The van der Waals surface area contributed by atoms with Crippen molar-refractivity contribution in [2.45, 2.75) is 65.9 Å². The van der Waals surface area contributed by atoms with Crippen molar-refractivity contribution >= 4 is 21.7 Å². The Morgan fingerprint density at radius 3 is 2.19 bits per heavy atom. The molecule has 1 aromatic rings. The minimum absolute atomic E-state index is 0.0680. The maximum Gasteiger partial charge on any atom is 0.162 e. The van der Waals surface area contributed by atoms with Crippen LogP contribution in [0.3, 0.4) is 0 Å². The van der Waals surface area contributed by atoms with E-state index in [1.54, 1.807) is 0 Å². The van der Waals surface area contributed by atoms with Crippen LogP contribution in [0.5, 0.6) is 0 Å². The molecular weight excluding hydrogens is 330 g/mol. The van der Waals surface area contributed by atoms with Crippen LogP contribution >= 0.6 is 15.9 Å². The van der Waals surface area contributed by atoms with Gasteiger partial charge >= 0.3 is 0 Å². The Kier molecular flexibility index (Phi) is 6.17. The van der Waals surface area contributed by atoms with Gasteiger partial charge in [-0.2, -0.15) is 0 Å². The van der Waals surface area contributed by atoms with Crippen molar-refractivity contribution in [3.05, 3.63) is 16.0 Å². The van der Waals surface area contributed by atoms with Gasteiger partial charge in [-0.25, -0.2) is 9.97 Å². The van der Waals surface area contributed by atoms with Crippen molar-refractivity contribution in [1.82, 2.24) is 9.97 Å². The molecule has 120 valence electrons. The molecule has 0 aliphatic carbocycles. The van der Waals surface area contributed by atoms with Gasteiger partial charge in [0.05, 0.1) is 10.2 Å². The summed E-state index contributed by atoms with van der Waals surface area (Å²) in [6.45, 7) is 16.1. The Labute approximate surface area is 137 Å². The summed E-state index contributed by atoms with van der Waals surface area (Å²) in [6, 6.07) is 0. The zero-order valence-corrected chi connectivity index (χ0v) is 15.9. The van der Waals surface area contributed by atoms with E-state index in [-0.39, 0.29) is 5.41 Å². The first-order valence-corrected chi connectivity index (χ1v) is 8.39. The molecule has 1 rings (SSSR count). The predicted octanol–water partition coefficient (Wildman–Crippen LogP) is 4.63. The van der Waals surface area contributed by atoms with Gasteiger partial charge in [0.15, 0.2) is 5.82 Å². The molecule has 0 fully saturated rings. The fraction of sp³-hybridized carbons (Fsp3) is 0.750. The summed E-state index contributed by atoms with van der Waals surface area (Å²) in [5, 5.41) is 3.38. The van der Waals surface area contributed by atoms with E-state index in [1.165, 1.54) is 0 Å². The van der Waals surface area contributed by atoms with Crippen molar-refractivity contribution in [2.75, 3.05) is 18.5 Å². The summed E-state index contributed by atoms with van der Waals surface area (Å²) < 4.78 is 6.76. The molecule has 1 heterocycles. The fourth-order valence-electron chi connectivity index (χ4n) is 2.00. The summed E-state index contributed by atoms with van der Waals surface area (Å²) >= 11 is 3.66. The fourth-order valence-corrected chi connectivity index (χ4v) is 2.91. The van der Waals surface area contributed by atoms with Gasteiger partial charge in [-0.15, -0.1) is 0 Å². The van der Waals surface area contributed by atoms with Crippen LogP contribution < -0.4 is 5.32 Å². The molecule has 0 atom stereocenters. The molecule has 0 aliphatic heterocycles. The van der Waals surface area contributed by atoms with E-state index in [2.05, 4.69) is 53.9 Å². The zero-order chi connectivity index (χ0) is 16.3. The Morgan fingerprint density at radius 2 is 1.71 bits per heavy atom. The summed E-state index contributed by atoms with van der Waals surface area (Å²) in [7, 11) is 0. The van der Waals surface area contributed by atoms with Crippen LogP contribution in [0.25, 0.3) is 0 Å². The lowest BCUT2D eigenvalue weighted by atomic mass is 9.91. The van der Waals surface area contributed by atoms with Crippen molar-refractivity contribution in [2.24, 2.45) is 0 Å². The molecule has 0 aliphatic rings. The van der Waals surface area contributed by atoms with Crippen LogP contribution in [-0.2, 0) is 15.8 Å². The zero-order valence-electron chi connectivity index (χ0n) is 14.3. The Hall–Kier alpha value is -0.680. The predicted molar refractivity (Wildman–Crippen MR) is 91.9 cm³/mol. The second-order valence-corrected chi connectivity index (χ2v) is 7.47. The van der Waals surface area contributed by atoms with Crippen LogP contribution in [0.4, 0.5) is 5.82 Å². The smallest absolute Gasteiger partial charge is 0.162 e. The highest BCUT2D eigenvalue weighted by Gasteiger charge is 2.30. The lowest BCUT2D eigenvalue weighted by Crippen LogP contribution is -2.28. The topological polar surface area (TPSA) is 47.0 Å².